The Morgan fingerprint density at radius 3 is 2.56 bits per heavy atom. The summed E-state index contributed by atoms with van der Waals surface area (Å²) in [5.41, 5.74) is -1.25. The Kier molecular flexibility index (Phi) is 3.09. The normalized spacial score (nSPS) is 17.3. The van der Waals surface area contributed by atoms with Gasteiger partial charge in [-0.3, -0.25) is 4.79 Å². The number of ether oxygens (including phenoxy) is 1. The first-order valence-corrected chi connectivity index (χ1v) is 5.65. The molecule has 1 aromatic carbocycles. The molecule has 1 aromatic rings. The van der Waals surface area contributed by atoms with E-state index < -0.39 is 11.6 Å². The average Bonchev–Trinajstić information content (AvgIpc) is 3.07. The molecule has 0 bridgehead atoms. The minimum Gasteiger partial charge on any atom is -0.493 e. The molecule has 18 heavy (non-hydrogen) atoms. The first-order valence-electron chi connectivity index (χ1n) is 5.65. The van der Waals surface area contributed by atoms with E-state index in [1.807, 2.05) is 0 Å². The molecule has 0 unspecified atom stereocenters. The number of benzene rings is 1. The second-order valence-electron chi connectivity index (χ2n) is 4.65. The Morgan fingerprint density at radius 1 is 1.39 bits per heavy atom. The molecule has 1 aliphatic rings. The second-order valence-corrected chi connectivity index (χ2v) is 4.65. The van der Waals surface area contributed by atoms with Crippen LogP contribution in [-0.4, -0.2) is 18.6 Å². The summed E-state index contributed by atoms with van der Waals surface area (Å²) in [6.07, 6.45) is -3.99. The third kappa shape index (κ3) is 2.49. The lowest BCUT2D eigenvalue weighted by molar-refractivity contribution is -0.194. The molecule has 2 nitrogen and oxygen atoms in total. The van der Waals surface area contributed by atoms with E-state index >= 15 is 0 Å². The summed E-state index contributed by atoms with van der Waals surface area (Å²) < 4.78 is 43.2. The number of ketones is 1. The van der Waals surface area contributed by atoms with E-state index in [9.17, 15) is 18.0 Å². The van der Waals surface area contributed by atoms with E-state index in [0.29, 0.717) is 11.3 Å². The van der Waals surface area contributed by atoms with Gasteiger partial charge in [0.1, 0.15) is 17.8 Å². The Balaban J connectivity index is 2.03. The highest BCUT2D eigenvalue weighted by atomic mass is 19.4. The number of halogens is 3. The average molecular weight is 258 g/mol. The van der Waals surface area contributed by atoms with Crippen molar-refractivity contribution in [1.82, 2.24) is 0 Å². The van der Waals surface area contributed by atoms with Crippen LogP contribution in [0.15, 0.2) is 24.3 Å². The van der Waals surface area contributed by atoms with Crippen LogP contribution in [0.4, 0.5) is 13.2 Å². The number of alkyl halides is 3. The van der Waals surface area contributed by atoms with Crippen LogP contribution in [0.1, 0.15) is 30.1 Å². The first kappa shape index (κ1) is 12.9. The predicted octanol–water partition coefficient (Wildman–Crippen LogP) is 3.61. The van der Waals surface area contributed by atoms with Crippen molar-refractivity contribution in [2.75, 3.05) is 6.61 Å². The van der Waals surface area contributed by atoms with Gasteiger partial charge >= 0.3 is 6.18 Å². The first-order chi connectivity index (χ1) is 8.34. The Hall–Kier alpha value is -1.52. The minimum absolute atomic E-state index is 0.114. The molecule has 2 rings (SSSR count). The molecule has 0 radical (unpaired) electrons. The van der Waals surface area contributed by atoms with Crippen molar-refractivity contribution in [3.8, 4) is 5.75 Å². The van der Waals surface area contributed by atoms with Crippen LogP contribution in [0, 0.1) is 5.41 Å². The molecule has 0 aromatic heterocycles. The van der Waals surface area contributed by atoms with E-state index in [-0.39, 0.29) is 25.2 Å². The van der Waals surface area contributed by atoms with Crippen LogP contribution in [0.3, 0.4) is 0 Å². The lowest BCUT2D eigenvalue weighted by atomic mass is 10.1. The van der Waals surface area contributed by atoms with Crippen LogP contribution in [-0.2, 0) is 0 Å². The van der Waals surface area contributed by atoms with Gasteiger partial charge in [-0.05, 0) is 31.9 Å². The van der Waals surface area contributed by atoms with E-state index in [1.165, 1.54) is 13.0 Å². The summed E-state index contributed by atoms with van der Waals surface area (Å²) in [6.45, 7) is 1.02. The lowest BCUT2D eigenvalue weighted by Gasteiger charge is -2.19. The molecule has 0 aliphatic heterocycles. The summed E-state index contributed by atoms with van der Waals surface area (Å²) in [4.78, 5) is 11.1. The molecule has 0 saturated heterocycles. The van der Waals surface area contributed by atoms with E-state index in [0.717, 1.165) is 0 Å². The van der Waals surface area contributed by atoms with Gasteiger partial charge in [0.2, 0.25) is 0 Å². The topological polar surface area (TPSA) is 26.3 Å². The zero-order valence-corrected chi connectivity index (χ0v) is 9.88. The van der Waals surface area contributed by atoms with Crippen molar-refractivity contribution in [2.24, 2.45) is 5.41 Å². The molecule has 0 atom stereocenters. The maximum absolute atomic E-state index is 12.7. The van der Waals surface area contributed by atoms with Gasteiger partial charge in [-0.15, -0.1) is 0 Å². The monoisotopic (exact) mass is 258 g/mol. The van der Waals surface area contributed by atoms with Crippen molar-refractivity contribution in [3.63, 3.8) is 0 Å². The number of carbonyl (C=O) groups excluding carboxylic acids is 1. The number of Topliss-reactive ketones (excluding diaryl/α,β-unsaturated/α-hetero) is 1. The van der Waals surface area contributed by atoms with Crippen molar-refractivity contribution < 1.29 is 22.7 Å². The fourth-order valence-corrected chi connectivity index (χ4v) is 1.69. The molecule has 0 N–H and O–H groups in total. The highest BCUT2D eigenvalue weighted by molar-refractivity contribution is 5.94. The quantitative estimate of drug-likeness (QED) is 0.771. The number of hydrogen-bond acceptors (Lipinski definition) is 2. The van der Waals surface area contributed by atoms with Crippen LogP contribution in [0.5, 0.6) is 5.75 Å². The largest absolute Gasteiger partial charge is 0.493 e. The molecule has 0 amide bonds. The van der Waals surface area contributed by atoms with Crippen LogP contribution < -0.4 is 4.74 Å². The van der Waals surface area contributed by atoms with Gasteiger partial charge in [-0.1, -0.05) is 12.1 Å². The van der Waals surface area contributed by atoms with Crippen LogP contribution in [0.25, 0.3) is 0 Å². The lowest BCUT2D eigenvalue weighted by Crippen LogP contribution is -2.30. The predicted molar refractivity (Wildman–Crippen MR) is 59.7 cm³/mol. The number of carbonyl (C=O) groups is 1. The van der Waals surface area contributed by atoms with Crippen LogP contribution >= 0.6 is 0 Å². The van der Waals surface area contributed by atoms with Gasteiger partial charge in [0.25, 0.3) is 0 Å². The van der Waals surface area contributed by atoms with E-state index in [2.05, 4.69) is 0 Å². The fourth-order valence-electron chi connectivity index (χ4n) is 1.69. The standard InChI is InChI=1S/C13H13F3O2/c1-9(17)10-3-2-4-11(7-10)18-8-12(5-6-12)13(14,15)16/h2-4,7H,5-6,8H2,1H3. The smallest absolute Gasteiger partial charge is 0.397 e. The van der Waals surface area contributed by atoms with Gasteiger partial charge in [-0.2, -0.15) is 13.2 Å². The van der Waals surface area contributed by atoms with Gasteiger partial charge in [0, 0.05) is 5.56 Å². The summed E-state index contributed by atoms with van der Waals surface area (Å²) in [7, 11) is 0. The Labute approximate surface area is 103 Å². The molecule has 98 valence electrons. The Morgan fingerprint density at radius 2 is 2.06 bits per heavy atom. The molecular formula is C13H13F3O2. The summed E-state index contributed by atoms with van der Waals surface area (Å²) in [5.74, 6) is 0.163. The molecule has 1 fully saturated rings. The third-order valence-corrected chi connectivity index (χ3v) is 3.21. The third-order valence-electron chi connectivity index (χ3n) is 3.21. The molecular weight excluding hydrogens is 245 g/mol. The number of hydrogen-bond donors (Lipinski definition) is 0. The summed E-state index contributed by atoms with van der Waals surface area (Å²) in [6, 6.07) is 6.22. The molecule has 1 saturated carbocycles. The van der Waals surface area contributed by atoms with Gasteiger partial charge in [-0.25, -0.2) is 0 Å². The molecule has 5 heteroatoms. The molecule has 0 spiro atoms. The fraction of sp³-hybridized carbons (Fsp3) is 0.462. The van der Waals surface area contributed by atoms with Crippen molar-refractivity contribution in [3.05, 3.63) is 29.8 Å². The zero-order valence-electron chi connectivity index (χ0n) is 9.88. The van der Waals surface area contributed by atoms with Gasteiger partial charge in [0.05, 0.1) is 0 Å². The van der Waals surface area contributed by atoms with Crippen molar-refractivity contribution in [2.45, 2.75) is 25.9 Å². The maximum Gasteiger partial charge on any atom is 0.397 e. The maximum atomic E-state index is 12.7. The summed E-state index contributed by atoms with van der Waals surface area (Å²) >= 11 is 0. The zero-order chi connectivity index (χ0) is 13.4. The highest BCUT2D eigenvalue weighted by Crippen LogP contribution is 2.57. The van der Waals surface area contributed by atoms with Crippen molar-refractivity contribution >= 4 is 5.78 Å². The molecule has 1 aliphatic carbocycles. The van der Waals surface area contributed by atoms with Crippen molar-refractivity contribution in [1.29, 1.82) is 0 Å². The van der Waals surface area contributed by atoms with E-state index in [4.69, 9.17) is 4.74 Å². The van der Waals surface area contributed by atoms with E-state index in [1.54, 1.807) is 18.2 Å². The SMILES string of the molecule is CC(=O)c1cccc(OCC2(C(F)(F)F)CC2)c1. The van der Waals surface area contributed by atoms with Crippen LogP contribution in [0.2, 0.25) is 0 Å². The Bertz CT molecular complexity index is 462. The number of rotatable bonds is 4. The minimum atomic E-state index is -4.22. The van der Waals surface area contributed by atoms with Gasteiger partial charge in [0.15, 0.2) is 5.78 Å². The second kappa shape index (κ2) is 4.30. The van der Waals surface area contributed by atoms with Gasteiger partial charge < -0.3 is 4.74 Å². The summed E-state index contributed by atoms with van der Waals surface area (Å²) in [5, 5.41) is 0. The highest BCUT2D eigenvalue weighted by Gasteiger charge is 2.63. The molecule has 0 heterocycles.